The number of anilines is 2. The van der Waals surface area contributed by atoms with E-state index in [4.69, 9.17) is 0 Å². The van der Waals surface area contributed by atoms with Crippen LogP contribution in [0.4, 0.5) is 17.5 Å². The number of nitro groups is 1. The van der Waals surface area contributed by atoms with E-state index < -0.39 is 4.92 Å². The Hall–Kier alpha value is -3.55. The van der Waals surface area contributed by atoms with Crippen molar-refractivity contribution in [2.45, 2.75) is 13.5 Å². The van der Waals surface area contributed by atoms with Gasteiger partial charge in [-0.2, -0.15) is 4.98 Å². The van der Waals surface area contributed by atoms with Crippen LogP contribution in [0.25, 0.3) is 11.4 Å². The molecule has 0 aliphatic heterocycles. The molecule has 0 saturated heterocycles. The Kier molecular flexibility index (Phi) is 5.33. The van der Waals surface area contributed by atoms with E-state index in [-0.39, 0.29) is 5.69 Å². The number of nitrogens with one attached hydrogen (secondary N) is 2. The summed E-state index contributed by atoms with van der Waals surface area (Å²) in [5, 5.41) is 17.1. The van der Waals surface area contributed by atoms with Crippen LogP contribution >= 0.6 is 0 Å². The third kappa shape index (κ3) is 4.29. The van der Waals surface area contributed by atoms with Crippen LogP contribution in [0.15, 0.2) is 54.7 Å². The minimum Gasteiger partial charge on any atom is -0.366 e. The molecule has 0 aliphatic carbocycles. The molecule has 0 bridgehead atoms. The maximum atomic E-state index is 10.7. The Bertz CT molecular complexity index is 884. The summed E-state index contributed by atoms with van der Waals surface area (Å²) < 4.78 is 0. The summed E-state index contributed by atoms with van der Waals surface area (Å²) in [5.41, 5.74) is 2.46. The number of rotatable bonds is 7. The number of aromatic nitrogens is 3. The van der Waals surface area contributed by atoms with Crippen LogP contribution in [0.5, 0.6) is 0 Å². The Balaban J connectivity index is 1.80. The van der Waals surface area contributed by atoms with E-state index in [1.807, 2.05) is 31.2 Å². The van der Waals surface area contributed by atoms with Crippen molar-refractivity contribution in [1.82, 2.24) is 15.0 Å². The molecule has 0 saturated carbocycles. The monoisotopic (exact) mass is 350 g/mol. The molecule has 0 amide bonds. The summed E-state index contributed by atoms with van der Waals surface area (Å²) in [6, 6.07) is 13.9. The van der Waals surface area contributed by atoms with Crippen molar-refractivity contribution in [2.24, 2.45) is 0 Å². The molecule has 2 N–H and O–H groups in total. The van der Waals surface area contributed by atoms with Crippen LogP contribution in [-0.4, -0.2) is 26.4 Å². The van der Waals surface area contributed by atoms with Gasteiger partial charge in [0.25, 0.3) is 5.69 Å². The molecule has 3 rings (SSSR count). The molecule has 0 radical (unpaired) electrons. The van der Waals surface area contributed by atoms with Crippen LogP contribution in [0.2, 0.25) is 0 Å². The van der Waals surface area contributed by atoms with Gasteiger partial charge in [-0.25, -0.2) is 4.98 Å². The van der Waals surface area contributed by atoms with Crippen molar-refractivity contribution in [3.63, 3.8) is 0 Å². The lowest BCUT2D eigenvalue weighted by Crippen LogP contribution is -2.07. The topological polar surface area (TPSA) is 106 Å². The molecule has 2 heterocycles. The number of hydrogen-bond donors (Lipinski definition) is 2. The lowest BCUT2D eigenvalue weighted by atomic mass is 10.2. The molecular formula is C18H18N6O2. The van der Waals surface area contributed by atoms with Gasteiger partial charge in [-0.1, -0.05) is 18.2 Å². The van der Waals surface area contributed by atoms with Crippen molar-refractivity contribution < 1.29 is 4.92 Å². The molecule has 8 heteroatoms. The second-order valence-electron chi connectivity index (χ2n) is 5.48. The standard InChI is InChI=1S/C18H18N6O2/c1-2-19-18-22-16(15-5-3-4-10-20-15)11-17(23-18)21-12-13-6-8-14(9-7-13)24(25)26/h3-11H,2,12H2,1H3,(H2,19,21,22,23). The molecule has 0 fully saturated rings. The van der Waals surface area contributed by atoms with Crippen molar-refractivity contribution >= 4 is 17.5 Å². The van der Waals surface area contributed by atoms with Gasteiger partial charge in [0.2, 0.25) is 5.95 Å². The molecule has 8 nitrogen and oxygen atoms in total. The van der Waals surface area contributed by atoms with Crippen LogP contribution in [0.3, 0.4) is 0 Å². The summed E-state index contributed by atoms with van der Waals surface area (Å²) in [6.45, 7) is 3.16. The smallest absolute Gasteiger partial charge is 0.269 e. The van der Waals surface area contributed by atoms with E-state index in [1.54, 1.807) is 18.3 Å². The number of benzene rings is 1. The summed E-state index contributed by atoms with van der Waals surface area (Å²) >= 11 is 0. The Morgan fingerprint density at radius 3 is 2.50 bits per heavy atom. The van der Waals surface area contributed by atoms with Gasteiger partial charge in [0.05, 0.1) is 16.3 Å². The minimum atomic E-state index is -0.413. The molecule has 26 heavy (non-hydrogen) atoms. The quantitative estimate of drug-likeness (QED) is 0.496. The lowest BCUT2D eigenvalue weighted by molar-refractivity contribution is -0.384. The van der Waals surface area contributed by atoms with E-state index in [0.29, 0.717) is 30.5 Å². The molecule has 2 aromatic heterocycles. The zero-order chi connectivity index (χ0) is 18.4. The first-order valence-electron chi connectivity index (χ1n) is 8.17. The zero-order valence-corrected chi connectivity index (χ0v) is 14.2. The highest BCUT2D eigenvalue weighted by Gasteiger charge is 2.08. The maximum Gasteiger partial charge on any atom is 0.269 e. The fourth-order valence-corrected chi connectivity index (χ4v) is 2.35. The van der Waals surface area contributed by atoms with E-state index in [9.17, 15) is 10.1 Å². The first kappa shape index (κ1) is 17.3. The van der Waals surface area contributed by atoms with Gasteiger partial charge in [0.15, 0.2) is 0 Å². The molecule has 0 atom stereocenters. The fourth-order valence-electron chi connectivity index (χ4n) is 2.35. The minimum absolute atomic E-state index is 0.0719. The first-order chi connectivity index (χ1) is 12.7. The van der Waals surface area contributed by atoms with Gasteiger partial charge >= 0.3 is 0 Å². The van der Waals surface area contributed by atoms with Crippen LogP contribution in [-0.2, 0) is 6.54 Å². The average molecular weight is 350 g/mol. The van der Waals surface area contributed by atoms with Crippen LogP contribution in [0.1, 0.15) is 12.5 Å². The van der Waals surface area contributed by atoms with Crippen molar-refractivity contribution in [3.05, 3.63) is 70.4 Å². The molecule has 0 aliphatic rings. The highest BCUT2D eigenvalue weighted by atomic mass is 16.6. The Morgan fingerprint density at radius 1 is 1.04 bits per heavy atom. The molecule has 0 unspecified atom stereocenters. The lowest BCUT2D eigenvalue weighted by Gasteiger charge is -2.10. The van der Waals surface area contributed by atoms with Gasteiger partial charge in [-0.05, 0) is 24.6 Å². The van der Waals surface area contributed by atoms with Gasteiger partial charge in [0, 0.05) is 37.5 Å². The largest absolute Gasteiger partial charge is 0.366 e. The van der Waals surface area contributed by atoms with Crippen LogP contribution in [0, 0.1) is 10.1 Å². The molecule has 0 spiro atoms. The van der Waals surface area contributed by atoms with Crippen molar-refractivity contribution in [3.8, 4) is 11.4 Å². The molecular weight excluding hydrogens is 332 g/mol. The molecule has 3 aromatic rings. The third-order valence-electron chi connectivity index (χ3n) is 3.61. The zero-order valence-electron chi connectivity index (χ0n) is 14.2. The second-order valence-corrected chi connectivity index (χ2v) is 5.48. The van der Waals surface area contributed by atoms with Crippen molar-refractivity contribution in [1.29, 1.82) is 0 Å². The van der Waals surface area contributed by atoms with E-state index in [1.165, 1.54) is 12.1 Å². The normalized spacial score (nSPS) is 10.3. The van der Waals surface area contributed by atoms with E-state index >= 15 is 0 Å². The predicted octanol–water partition coefficient (Wildman–Crippen LogP) is 3.49. The Morgan fingerprint density at radius 2 is 1.85 bits per heavy atom. The highest BCUT2D eigenvalue weighted by Crippen LogP contribution is 2.20. The number of nitro benzene ring substituents is 1. The Labute approximate surface area is 150 Å². The summed E-state index contributed by atoms with van der Waals surface area (Å²) in [5.74, 6) is 1.16. The fraction of sp³-hybridized carbons (Fsp3) is 0.167. The van der Waals surface area contributed by atoms with Gasteiger partial charge < -0.3 is 10.6 Å². The van der Waals surface area contributed by atoms with Crippen LogP contribution < -0.4 is 10.6 Å². The summed E-state index contributed by atoms with van der Waals surface area (Å²) in [6.07, 6.45) is 1.72. The second kappa shape index (κ2) is 8.02. The number of nitrogens with zero attached hydrogens (tertiary/aromatic N) is 4. The van der Waals surface area contributed by atoms with E-state index in [2.05, 4.69) is 25.6 Å². The average Bonchev–Trinajstić information content (AvgIpc) is 2.67. The van der Waals surface area contributed by atoms with E-state index in [0.717, 1.165) is 11.3 Å². The summed E-state index contributed by atoms with van der Waals surface area (Å²) in [7, 11) is 0. The van der Waals surface area contributed by atoms with Gasteiger partial charge in [0.1, 0.15) is 5.82 Å². The number of hydrogen-bond acceptors (Lipinski definition) is 7. The highest BCUT2D eigenvalue weighted by molar-refractivity contribution is 5.61. The number of pyridine rings is 1. The molecule has 1 aromatic carbocycles. The summed E-state index contributed by atoms with van der Waals surface area (Å²) in [4.78, 5) is 23.6. The van der Waals surface area contributed by atoms with Crippen molar-refractivity contribution in [2.75, 3.05) is 17.2 Å². The molecule has 132 valence electrons. The SMILES string of the molecule is CCNc1nc(NCc2ccc([N+](=O)[O-])cc2)cc(-c2ccccn2)n1. The predicted molar refractivity (Wildman–Crippen MR) is 99.8 cm³/mol. The van der Waals surface area contributed by atoms with Gasteiger partial charge in [-0.15, -0.1) is 0 Å². The first-order valence-corrected chi connectivity index (χ1v) is 8.17. The maximum absolute atomic E-state index is 10.7. The van der Waals surface area contributed by atoms with Gasteiger partial charge in [-0.3, -0.25) is 15.1 Å². The third-order valence-corrected chi connectivity index (χ3v) is 3.61. The number of non-ortho nitro benzene ring substituents is 1.